The van der Waals surface area contributed by atoms with E-state index < -0.39 is 10.5 Å². The molecule has 0 radical (unpaired) electrons. The standard InChI is InChI=1S/C14H21N3O4/c1-3-4-5-6-11(2)15-13(18)10-16-9-12(17(20)21)7-8-14(16)19/h7-9,11H,3-6,10H2,1-2H3,(H,15,18)/t11-/m0/s1. The summed E-state index contributed by atoms with van der Waals surface area (Å²) in [5.74, 6) is -0.318. The topological polar surface area (TPSA) is 94.2 Å². The van der Waals surface area contributed by atoms with Gasteiger partial charge in [-0.2, -0.15) is 0 Å². The second kappa shape index (κ2) is 8.18. The zero-order valence-electron chi connectivity index (χ0n) is 12.4. The van der Waals surface area contributed by atoms with Crippen LogP contribution >= 0.6 is 0 Å². The fraction of sp³-hybridized carbons (Fsp3) is 0.571. The Morgan fingerprint density at radius 3 is 2.76 bits per heavy atom. The molecule has 1 aromatic rings. The minimum Gasteiger partial charge on any atom is -0.352 e. The number of rotatable bonds is 8. The molecule has 0 fully saturated rings. The van der Waals surface area contributed by atoms with Gasteiger partial charge >= 0.3 is 0 Å². The molecule has 0 aliphatic heterocycles. The fourth-order valence-electron chi connectivity index (χ4n) is 2.00. The molecule has 0 saturated carbocycles. The summed E-state index contributed by atoms with van der Waals surface area (Å²) in [6.07, 6.45) is 5.23. The normalized spacial score (nSPS) is 11.9. The van der Waals surface area contributed by atoms with E-state index in [-0.39, 0.29) is 24.2 Å². The molecule has 0 aliphatic carbocycles. The van der Waals surface area contributed by atoms with Crippen molar-refractivity contribution in [1.82, 2.24) is 9.88 Å². The average Bonchev–Trinajstić information content (AvgIpc) is 2.41. The summed E-state index contributed by atoms with van der Waals surface area (Å²) in [7, 11) is 0. The lowest BCUT2D eigenvalue weighted by molar-refractivity contribution is -0.385. The molecule has 1 atom stereocenters. The molecule has 116 valence electrons. The number of aromatic nitrogens is 1. The first-order valence-corrected chi connectivity index (χ1v) is 7.08. The minimum absolute atomic E-state index is 0.0263. The number of unbranched alkanes of at least 4 members (excludes halogenated alkanes) is 2. The summed E-state index contributed by atoms with van der Waals surface area (Å²) in [5, 5.41) is 13.5. The Morgan fingerprint density at radius 2 is 2.14 bits per heavy atom. The molecular formula is C14H21N3O4. The number of nitrogens with one attached hydrogen (secondary N) is 1. The van der Waals surface area contributed by atoms with Crippen LogP contribution in [0.4, 0.5) is 5.69 Å². The van der Waals surface area contributed by atoms with E-state index in [1.54, 1.807) is 0 Å². The number of nitrogens with zero attached hydrogens (tertiary/aromatic N) is 2. The molecule has 1 heterocycles. The van der Waals surface area contributed by atoms with Crippen LogP contribution in [0.25, 0.3) is 0 Å². The molecule has 1 amide bonds. The SMILES string of the molecule is CCCCC[C@H](C)NC(=O)Cn1cc([N+](=O)[O-])ccc1=O. The summed E-state index contributed by atoms with van der Waals surface area (Å²) in [6, 6.07) is 2.25. The highest BCUT2D eigenvalue weighted by Gasteiger charge is 2.12. The minimum atomic E-state index is -0.596. The Hall–Kier alpha value is -2.18. The van der Waals surface area contributed by atoms with Gasteiger partial charge in [0.2, 0.25) is 5.91 Å². The number of pyridine rings is 1. The highest BCUT2D eigenvalue weighted by atomic mass is 16.6. The van der Waals surface area contributed by atoms with Crippen molar-refractivity contribution in [2.45, 2.75) is 52.1 Å². The highest BCUT2D eigenvalue weighted by Crippen LogP contribution is 2.06. The van der Waals surface area contributed by atoms with E-state index in [4.69, 9.17) is 0 Å². The second-order valence-corrected chi connectivity index (χ2v) is 5.07. The molecule has 1 rings (SSSR count). The molecule has 21 heavy (non-hydrogen) atoms. The largest absolute Gasteiger partial charge is 0.352 e. The first kappa shape index (κ1) is 16.9. The van der Waals surface area contributed by atoms with Crippen molar-refractivity contribution in [1.29, 1.82) is 0 Å². The summed E-state index contributed by atoms with van der Waals surface area (Å²) in [4.78, 5) is 33.5. The molecule has 0 aromatic carbocycles. The quantitative estimate of drug-likeness (QED) is 0.450. The van der Waals surface area contributed by atoms with E-state index in [1.165, 1.54) is 0 Å². The third-order valence-electron chi connectivity index (χ3n) is 3.14. The molecule has 0 bridgehead atoms. The van der Waals surface area contributed by atoms with Crippen LogP contribution in [0.5, 0.6) is 0 Å². The van der Waals surface area contributed by atoms with Crippen LogP contribution in [0.2, 0.25) is 0 Å². The van der Waals surface area contributed by atoms with Crippen molar-refractivity contribution < 1.29 is 9.72 Å². The third-order valence-corrected chi connectivity index (χ3v) is 3.14. The first-order chi connectivity index (χ1) is 9.93. The Bertz CT molecular complexity index is 553. The Balaban J connectivity index is 2.60. The maximum absolute atomic E-state index is 11.8. The van der Waals surface area contributed by atoms with Gasteiger partial charge in [-0.25, -0.2) is 0 Å². The molecule has 0 unspecified atom stereocenters. The van der Waals surface area contributed by atoms with Gasteiger partial charge in [0, 0.05) is 18.2 Å². The number of amides is 1. The van der Waals surface area contributed by atoms with Gasteiger partial charge in [-0.1, -0.05) is 26.2 Å². The van der Waals surface area contributed by atoms with Crippen LogP contribution in [0.3, 0.4) is 0 Å². The lowest BCUT2D eigenvalue weighted by atomic mass is 10.1. The van der Waals surface area contributed by atoms with Gasteiger partial charge in [-0.05, 0) is 13.3 Å². The summed E-state index contributed by atoms with van der Waals surface area (Å²) in [5.41, 5.74) is -0.646. The predicted molar refractivity (Wildman–Crippen MR) is 79.1 cm³/mol. The molecule has 0 spiro atoms. The molecule has 1 N–H and O–H groups in total. The molecule has 7 nitrogen and oxygen atoms in total. The third kappa shape index (κ3) is 5.76. The number of hydrogen-bond donors (Lipinski definition) is 1. The van der Waals surface area contributed by atoms with Crippen LogP contribution in [-0.4, -0.2) is 21.4 Å². The van der Waals surface area contributed by atoms with Gasteiger partial charge in [0.15, 0.2) is 0 Å². The highest BCUT2D eigenvalue weighted by molar-refractivity contribution is 5.76. The van der Waals surface area contributed by atoms with Gasteiger partial charge in [0.05, 0.1) is 11.1 Å². The van der Waals surface area contributed by atoms with E-state index in [1.807, 2.05) is 6.92 Å². The van der Waals surface area contributed by atoms with Gasteiger partial charge in [0.25, 0.3) is 11.2 Å². The maximum atomic E-state index is 11.8. The Morgan fingerprint density at radius 1 is 1.43 bits per heavy atom. The van der Waals surface area contributed by atoms with Crippen LogP contribution in [0, 0.1) is 10.1 Å². The van der Waals surface area contributed by atoms with E-state index in [9.17, 15) is 19.7 Å². The van der Waals surface area contributed by atoms with E-state index >= 15 is 0 Å². The molecule has 7 heteroatoms. The predicted octanol–water partition coefficient (Wildman–Crippen LogP) is 1.84. The van der Waals surface area contributed by atoms with Crippen molar-refractivity contribution in [3.63, 3.8) is 0 Å². The van der Waals surface area contributed by atoms with Crippen LogP contribution in [-0.2, 0) is 11.3 Å². The van der Waals surface area contributed by atoms with Crippen molar-refractivity contribution >= 4 is 11.6 Å². The van der Waals surface area contributed by atoms with Gasteiger partial charge < -0.3 is 5.32 Å². The zero-order valence-corrected chi connectivity index (χ0v) is 12.4. The number of nitro groups is 1. The van der Waals surface area contributed by atoms with Crippen LogP contribution in [0.15, 0.2) is 23.1 Å². The van der Waals surface area contributed by atoms with Gasteiger partial charge in [0.1, 0.15) is 6.54 Å². The first-order valence-electron chi connectivity index (χ1n) is 7.08. The lowest BCUT2D eigenvalue weighted by Crippen LogP contribution is -2.37. The van der Waals surface area contributed by atoms with Crippen LogP contribution in [0.1, 0.15) is 39.5 Å². The molecular weight excluding hydrogens is 274 g/mol. The molecule has 1 aromatic heterocycles. The average molecular weight is 295 g/mol. The summed E-state index contributed by atoms with van der Waals surface area (Å²) >= 11 is 0. The second-order valence-electron chi connectivity index (χ2n) is 5.07. The van der Waals surface area contributed by atoms with E-state index in [0.717, 1.165) is 48.6 Å². The van der Waals surface area contributed by atoms with E-state index in [0.29, 0.717) is 0 Å². The van der Waals surface area contributed by atoms with Crippen molar-refractivity contribution in [2.24, 2.45) is 0 Å². The molecule has 0 aliphatic rings. The summed E-state index contributed by atoms with van der Waals surface area (Å²) in [6.45, 7) is 3.81. The maximum Gasteiger partial charge on any atom is 0.285 e. The van der Waals surface area contributed by atoms with Crippen LogP contribution < -0.4 is 10.9 Å². The number of carbonyl (C=O) groups is 1. The zero-order chi connectivity index (χ0) is 15.8. The lowest BCUT2D eigenvalue weighted by Gasteiger charge is -2.14. The van der Waals surface area contributed by atoms with Crippen molar-refractivity contribution in [2.75, 3.05) is 0 Å². The Kier molecular flexibility index (Phi) is 6.58. The van der Waals surface area contributed by atoms with E-state index in [2.05, 4.69) is 12.2 Å². The van der Waals surface area contributed by atoms with Gasteiger partial charge in [-0.3, -0.25) is 24.3 Å². The van der Waals surface area contributed by atoms with Gasteiger partial charge in [-0.15, -0.1) is 0 Å². The monoisotopic (exact) mass is 295 g/mol. The number of hydrogen-bond acceptors (Lipinski definition) is 4. The fourth-order valence-corrected chi connectivity index (χ4v) is 2.00. The Labute approximate surface area is 123 Å². The van der Waals surface area contributed by atoms with Crippen molar-refractivity contribution in [3.05, 3.63) is 38.8 Å². The molecule has 0 saturated heterocycles. The smallest absolute Gasteiger partial charge is 0.285 e. The summed E-state index contributed by atoms with van der Waals surface area (Å²) < 4.78 is 1.05. The number of carbonyl (C=O) groups excluding carboxylic acids is 1. The van der Waals surface area contributed by atoms with Crippen molar-refractivity contribution in [3.8, 4) is 0 Å².